The number of imidazole rings is 1. The monoisotopic (exact) mass is 767 g/mol. The molecule has 290 valence electrons. The minimum absolute atomic E-state index is 0.0938. The Morgan fingerprint density at radius 2 is 1.58 bits per heavy atom. The molecule has 13 nitrogen and oxygen atoms in total. The Labute approximate surface area is 328 Å². The number of hydrogen-bond acceptors (Lipinski definition) is 10. The number of carbonyl (C=O) groups excluding carboxylic acids is 4. The van der Waals surface area contributed by atoms with Gasteiger partial charge in [-0.25, -0.2) is 14.4 Å². The quantitative estimate of drug-likeness (QED) is 0.225. The minimum atomic E-state index is -0.970. The van der Waals surface area contributed by atoms with Gasteiger partial charge in [-0.3, -0.25) is 38.7 Å². The van der Waals surface area contributed by atoms with Crippen molar-refractivity contribution in [3.05, 3.63) is 108 Å². The fraction of sp³-hybridized carbons (Fsp3) is 0.349. The van der Waals surface area contributed by atoms with E-state index in [1.807, 2.05) is 30.5 Å². The summed E-state index contributed by atoms with van der Waals surface area (Å²) in [6, 6.07) is 21.7. The SMILES string of the molecule is O=C1CCC(N2C(=O)c3ccc(N4CC(CN5CCN(c6cccc(-c7cnc8ccc(N9CCC[C@@H]9c9cccc(F)c9)cn78)n6)CC5)C4)cc3C2=O)C(=O)N1. The Hall–Kier alpha value is -6.15. The van der Waals surface area contributed by atoms with Crippen LogP contribution in [0.4, 0.5) is 21.6 Å². The number of carbonyl (C=O) groups is 4. The van der Waals surface area contributed by atoms with Crippen LogP contribution in [0, 0.1) is 11.7 Å². The van der Waals surface area contributed by atoms with Crippen LogP contribution in [0.2, 0.25) is 0 Å². The van der Waals surface area contributed by atoms with Gasteiger partial charge in [-0.1, -0.05) is 18.2 Å². The van der Waals surface area contributed by atoms with Crippen molar-refractivity contribution in [3.8, 4) is 11.4 Å². The van der Waals surface area contributed by atoms with Crippen molar-refractivity contribution in [1.82, 2.24) is 29.5 Å². The van der Waals surface area contributed by atoms with E-state index in [2.05, 4.69) is 53.7 Å². The molecule has 4 amide bonds. The zero-order valence-electron chi connectivity index (χ0n) is 31.4. The van der Waals surface area contributed by atoms with Gasteiger partial charge in [0.1, 0.15) is 23.3 Å². The van der Waals surface area contributed by atoms with Crippen LogP contribution in [0.3, 0.4) is 0 Å². The standard InChI is InChI=1S/C43H42FN9O4/c44-29-5-1-4-28(20-29)35-7-3-15-51(35)31-10-13-38-45-22-37(52(38)26-31)34-6-2-8-39(46-34)49-18-16-48(17-19-49)23-27-24-50(25-27)30-9-11-32-33(21-30)43(57)53(42(32)56)36-12-14-40(54)47-41(36)55/h1-2,4-6,8-11,13,20-22,26-27,35-36H,3,7,12,14-19,23-25H2,(H,47,54,55)/t35-,36?/m1/s1. The number of piperidine rings is 1. The number of nitrogens with zero attached hydrogens (tertiary/aromatic N) is 8. The first kappa shape index (κ1) is 35.3. The van der Waals surface area contributed by atoms with Gasteiger partial charge in [0.15, 0.2) is 0 Å². The summed E-state index contributed by atoms with van der Waals surface area (Å²) in [5, 5.41) is 2.25. The van der Waals surface area contributed by atoms with Crippen LogP contribution in [0.15, 0.2) is 85.2 Å². The van der Waals surface area contributed by atoms with Crippen LogP contribution in [0.5, 0.6) is 0 Å². The van der Waals surface area contributed by atoms with Crippen LogP contribution in [0.1, 0.15) is 58.0 Å². The van der Waals surface area contributed by atoms with Crippen molar-refractivity contribution >= 4 is 46.5 Å². The highest BCUT2D eigenvalue weighted by atomic mass is 19.1. The number of fused-ring (bicyclic) bond motifs is 2. The predicted molar refractivity (Wildman–Crippen MR) is 212 cm³/mol. The third-order valence-corrected chi connectivity index (χ3v) is 12.3. The summed E-state index contributed by atoms with van der Waals surface area (Å²) >= 11 is 0. The van der Waals surface area contributed by atoms with E-state index >= 15 is 0 Å². The van der Waals surface area contributed by atoms with Crippen LogP contribution < -0.4 is 20.0 Å². The highest BCUT2D eigenvalue weighted by Gasteiger charge is 2.45. The molecule has 5 aliphatic rings. The van der Waals surface area contributed by atoms with E-state index in [4.69, 9.17) is 9.97 Å². The van der Waals surface area contributed by atoms with Gasteiger partial charge < -0.3 is 14.7 Å². The fourth-order valence-electron chi connectivity index (χ4n) is 9.28. The van der Waals surface area contributed by atoms with Gasteiger partial charge in [0.25, 0.3) is 11.8 Å². The highest BCUT2D eigenvalue weighted by molar-refractivity contribution is 6.23. The van der Waals surface area contributed by atoms with Crippen LogP contribution >= 0.6 is 0 Å². The first-order valence-electron chi connectivity index (χ1n) is 19.8. The molecular weight excluding hydrogens is 726 g/mol. The number of pyridine rings is 2. The average Bonchev–Trinajstić information content (AvgIpc) is 3.93. The summed E-state index contributed by atoms with van der Waals surface area (Å²) in [5.74, 6) is -0.749. The molecule has 0 aliphatic carbocycles. The lowest BCUT2D eigenvalue weighted by molar-refractivity contribution is -0.136. The Balaban J connectivity index is 0.755. The topological polar surface area (TPSA) is 127 Å². The third-order valence-electron chi connectivity index (χ3n) is 12.3. The molecule has 2 aromatic carbocycles. The zero-order valence-corrected chi connectivity index (χ0v) is 31.4. The molecule has 2 atom stereocenters. The smallest absolute Gasteiger partial charge is 0.262 e. The number of piperazine rings is 1. The summed E-state index contributed by atoms with van der Waals surface area (Å²) in [7, 11) is 0. The molecule has 3 aromatic heterocycles. The summed E-state index contributed by atoms with van der Waals surface area (Å²) in [6.07, 6.45) is 6.27. The molecule has 0 spiro atoms. The van der Waals surface area contributed by atoms with Crippen molar-refractivity contribution in [2.45, 2.75) is 37.8 Å². The predicted octanol–water partition coefficient (Wildman–Crippen LogP) is 4.54. The van der Waals surface area contributed by atoms with Crippen molar-refractivity contribution in [1.29, 1.82) is 0 Å². The van der Waals surface area contributed by atoms with Crippen molar-refractivity contribution in [3.63, 3.8) is 0 Å². The third kappa shape index (κ3) is 6.37. The maximum Gasteiger partial charge on any atom is 0.262 e. The number of aromatic nitrogens is 3. The summed E-state index contributed by atoms with van der Waals surface area (Å²) in [6.45, 7) is 7.17. The van der Waals surface area contributed by atoms with E-state index < -0.39 is 29.7 Å². The molecule has 1 N–H and O–H groups in total. The van der Waals surface area contributed by atoms with E-state index in [0.29, 0.717) is 17.0 Å². The van der Waals surface area contributed by atoms with Crippen LogP contribution in [-0.2, 0) is 9.59 Å². The normalized spacial score (nSPS) is 21.8. The Morgan fingerprint density at radius 3 is 2.40 bits per heavy atom. The maximum absolute atomic E-state index is 14.1. The first-order chi connectivity index (χ1) is 27.8. The van der Waals surface area contributed by atoms with Crippen LogP contribution in [-0.4, -0.2) is 106 Å². The number of rotatable bonds is 8. The minimum Gasteiger partial charge on any atom is -0.371 e. The molecule has 8 heterocycles. The van der Waals surface area contributed by atoms with Gasteiger partial charge >= 0.3 is 0 Å². The second-order valence-corrected chi connectivity index (χ2v) is 15.8. The Morgan fingerprint density at radius 1 is 0.772 bits per heavy atom. The number of hydrogen-bond donors (Lipinski definition) is 1. The molecule has 4 saturated heterocycles. The molecule has 14 heteroatoms. The van der Waals surface area contributed by atoms with Crippen molar-refractivity contribution in [2.75, 3.05) is 67.1 Å². The number of halogens is 1. The largest absolute Gasteiger partial charge is 0.371 e. The molecule has 5 aromatic rings. The lowest BCUT2D eigenvalue weighted by atomic mass is 9.97. The average molecular weight is 768 g/mol. The van der Waals surface area contributed by atoms with Gasteiger partial charge in [-0.2, -0.15) is 0 Å². The summed E-state index contributed by atoms with van der Waals surface area (Å²) in [4.78, 5) is 70.7. The number of nitrogens with one attached hydrogen (secondary N) is 1. The highest BCUT2D eigenvalue weighted by Crippen LogP contribution is 2.37. The van der Waals surface area contributed by atoms with Gasteiger partial charge in [0.2, 0.25) is 11.8 Å². The van der Waals surface area contributed by atoms with E-state index in [1.54, 1.807) is 24.3 Å². The number of benzene rings is 2. The zero-order chi connectivity index (χ0) is 38.8. The molecule has 0 saturated carbocycles. The van der Waals surface area contributed by atoms with Crippen molar-refractivity contribution < 1.29 is 23.6 Å². The summed E-state index contributed by atoms with van der Waals surface area (Å²) in [5.41, 5.74) is 6.20. The fourth-order valence-corrected chi connectivity index (χ4v) is 9.28. The van der Waals surface area contributed by atoms with E-state index in [0.717, 1.165) is 110 Å². The molecule has 4 fully saturated rings. The molecule has 0 radical (unpaired) electrons. The molecule has 57 heavy (non-hydrogen) atoms. The van der Waals surface area contributed by atoms with Gasteiger partial charge in [0, 0.05) is 76.6 Å². The number of imide groups is 2. The van der Waals surface area contributed by atoms with Crippen molar-refractivity contribution in [2.24, 2.45) is 5.92 Å². The van der Waals surface area contributed by atoms with E-state index in [9.17, 15) is 23.6 Å². The molecule has 10 rings (SSSR count). The van der Waals surface area contributed by atoms with Gasteiger partial charge in [-0.15, -0.1) is 0 Å². The summed E-state index contributed by atoms with van der Waals surface area (Å²) < 4.78 is 16.2. The molecule has 5 aliphatic heterocycles. The number of anilines is 3. The van der Waals surface area contributed by atoms with Gasteiger partial charge in [-0.05, 0) is 79.4 Å². The lowest BCUT2D eigenvalue weighted by Crippen LogP contribution is -2.55. The number of amides is 4. The van der Waals surface area contributed by atoms with E-state index in [-0.39, 0.29) is 24.7 Å². The molecule has 1 unspecified atom stereocenters. The van der Waals surface area contributed by atoms with E-state index in [1.165, 1.54) is 6.07 Å². The lowest BCUT2D eigenvalue weighted by Gasteiger charge is -2.45. The second kappa shape index (κ2) is 14.1. The first-order valence-corrected chi connectivity index (χ1v) is 19.8. The Bertz CT molecular complexity index is 2440. The maximum atomic E-state index is 14.1. The Kier molecular flexibility index (Phi) is 8.73. The second-order valence-electron chi connectivity index (χ2n) is 15.8. The molecule has 0 bridgehead atoms. The molecular formula is C43H42FN9O4. The van der Waals surface area contributed by atoms with Crippen LogP contribution in [0.25, 0.3) is 17.0 Å². The van der Waals surface area contributed by atoms with Gasteiger partial charge in [0.05, 0.1) is 40.4 Å².